The van der Waals surface area contributed by atoms with Gasteiger partial charge in [0.05, 0.1) is 5.56 Å². The zero-order valence-corrected chi connectivity index (χ0v) is 17.2. The van der Waals surface area contributed by atoms with Gasteiger partial charge in [0.1, 0.15) is 11.3 Å². The number of benzene rings is 1. The van der Waals surface area contributed by atoms with Crippen LogP contribution in [0.2, 0.25) is 0 Å². The minimum absolute atomic E-state index is 0.454. The third-order valence-electron chi connectivity index (χ3n) is 5.87. The molecule has 0 saturated carbocycles. The second kappa shape index (κ2) is 6.77. The van der Waals surface area contributed by atoms with Gasteiger partial charge in [-0.05, 0) is 79.3 Å². The topological polar surface area (TPSA) is 87.4 Å². The molecule has 0 radical (unpaired) electrons. The van der Waals surface area contributed by atoms with Gasteiger partial charge in [-0.25, -0.2) is 19.6 Å². The highest BCUT2D eigenvalue weighted by molar-refractivity contribution is 5.83. The Bertz CT molecular complexity index is 1430. The summed E-state index contributed by atoms with van der Waals surface area (Å²) >= 11 is 0. The Morgan fingerprint density at radius 2 is 1.90 bits per heavy atom. The van der Waals surface area contributed by atoms with E-state index >= 15 is 0 Å². The maximum absolute atomic E-state index is 6.29. The van der Waals surface area contributed by atoms with Crippen molar-refractivity contribution in [1.29, 1.82) is 0 Å². The number of anilines is 1. The Labute approximate surface area is 179 Å². The van der Waals surface area contributed by atoms with E-state index in [1.165, 1.54) is 17.5 Å². The number of nitrogens with two attached hydrogens (primary N) is 1. The third-order valence-corrected chi connectivity index (χ3v) is 5.87. The van der Waals surface area contributed by atoms with E-state index in [1.54, 1.807) is 17.1 Å². The number of nitrogen functional groups attached to an aromatic ring is 1. The van der Waals surface area contributed by atoms with Gasteiger partial charge in [0.25, 0.3) is 0 Å². The van der Waals surface area contributed by atoms with Gasteiger partial charge in [0.2, 0.25) is 0 Å². The van der Waals surface area contributed by atoms with Crippen LogP contribution in [0.4, 0.5) is 5.82 Å². The lowest BCUT2D eigenvalue weighted by atomic mass is 10.1. The highest BCUT2D eigenvalue weighted by atomic mass is 15.3. The summed E-state index contributed by atoms with van der Waals surface area (Å²) in [6.07, 6.45) is 8.85. The van der Waals surface area contributed by atoms with Crippen LogP contribution in [-0.4, -0.2) is 29.3 Å². The molecule has 0 unspecified atom stereocenters. The molecule has 31 heavy (non-hydrogen) atoms. The van der Waals surface area contributed by atoms with Crippen molar-refractivity contribution in [2.24, 2.45) is 0 Å². The van der Waals surface area contributed by atoms with Crippen LogP contribution in [0.5, 0.6) is 0 Å². The molecule has 4 heterocycles. The third kappa shape index (κ3) is 2.89. The molecule has 2 N–H and O–H groups in total. The van der Waals surface area contributed by atoms with Crippen molar-refractivity contribution in [2.75, 3.05) is 5.73 Å². The minimum Gasteiger partial charge on any atom is -0.383 e. The predicted molar refractivity (Wildman–Crippen MR) is 120 cm³/mol. The number of pyridine rings is 2. The second-order valence-electron chi connectivity index (χ2n) is 7.99. The normalized spacial score (nSPS) is 13.1. The minimum atomic E-state index is 0.454. The van der Waals surface area contributed by atoms with E-state index in [9.17, 15) is 0 Å². The number of hydrogen-bond donors (Lipinski definition) is 1. The van der Waals surface area contributed by atoms with Gasteiger partial charge in [-0.3, -0.25) is 4.57 Å². The molecular formula is C24H21N7. The molecule has 7 nitrogen and oxygen atoms in total. The lowest BCUT2D eigenvalue weighted by Crippen LogP contribution is -2.04. The molecule has 7 heteroatoms. The molecular weight excluding hydrogens is 386 g/mol. The van der Waals surface area contributed by atoms with Crippen LogP contribution >= 0.6 is 0 Å². The quantitative estimate of drug-likeness (QED) is 0.488. The van der Waals surface area contributed by atoms with Crippen LogP contribution in [0, 0.1) is 6.92 Å². The molecule has 5 aromatic rings. The highest BCUT2D eigenvalue weighted by Gasteiger charge is 2.20. The van der Waals surface area contributed by atoms with Gasteiger partial charge < -0.3 is 5.73 Å². The molecule has 6 rings (SSSR count). The summed E-state index contributed by atoms with van der Waals surface area (Å²) in [6, 6.07) is 14.5. The van der Waals surface area contributed by atoms with Crippen LogP contribution in [0.15, 0.2) is 61.1 Å². The van der Waals surface area contributed by atoms with Gasteiger partial charge in [-0.1, -0.05) is 6.07 Å². The first kappa shape index (κ1) is 17.8. The fraction of sp³-hybridized carbons (Fsp3) is 0.167. The lowest BCUT2D eigenvalue weighted by Gasteiger charge is -2.12. The summed E-state index contributed by atoms with van der Waals surface area (Å²) in [6.45, 7) is 2.01. The fourth-order valence-corrected chi connectivity index (χ4v) is 4.36. The number of rotatable bonds is 3. The van der Waals surface area contributed by atoms with E-state index in [4.69, 9.17) is 15.7 Å². The van der Waals surface area contributed by atoms with E-state index < -0.39 is 0 Å². The number of fused-ring (bicyclic) bond motifs is 2. The van der Waals surface area contributed by atoms with Crippen molar-refractivity contribution in [1.82, 2.24) is 29.3 Å². The number of nitrogens with zero attached hydrogens (tertiary/aromatic N) is 6. The number of hydrogen-bond acceptors (Lipinski definition) is 5. The molecule has 1 aliphatic rings. The second-order valence-corrected chi connectivity index (χ2v) is 7.99. The molecule has 152 valence electrons. The van der Waals surface area contributed by atoms with Gasteiger partial charge in [0.15, 0.2) is 17.3 Å². The molecule has 4 aromatic heterocycles. The van der Waals surface area contributed by atoms with Crippen molar-refractivity contribution in [3.05, 3.63) is 77.7 Å². The molecule has 0 bridgehead atoms. The molecule has 0 aliphatic heterocycles. The number of aromatic nitrogens is 6. The Hall–Kier alpha value is -4.00. The van der Waals surface area contributed by atoms with Crippen molar-refractivity contribution in [2.45, 2.75) is 26.2 Å². The van der Waals surface area contributed by atoms with E-state index in [2.05, 4.69) is 32.8 Å². The molecule has 1 aliphatic carbocycles. The summed E-state index contributed by atoms with van der Waals surface area (Å²) in [5.41, 5.74) is 13.5. The van der Waals surface area contributed by atoms with Crippen molar-refractivity contribution >= 4 is 17.0 Å². The van der Waals surface area contributed by atoms with Gasteiger partial charge in [-0.15, -0.1) is 0 Å². The van der Waals surface area contributed by atoms with Crippen molar-refractivity contribution in [3.63, 3.8) is 0 Å². The molecule has 0 amide bonds. The maximum Gasteiger partial charge on any atom is 0.167 e. The molecule has 0 spiro atoms. The molecule has 1 aromatic carbocycles. The lowest BCUT2D eigenvalue weighted by molar-refractivity contribution is 0.849. The van der Waals surface area contributed by atoms with E-state index in [1.807, 2.05) is 37.4 Å². The van der Waals surface area contributed by atoms with Crippen molar-refractivity contribution < 1.29 is 0 Å². The Balaban J connectivity index is 1.66. The van der Waals surface area contributed by atoms with Gasteiger partial charge >= 0.3 is 0 Å². The average molecular weight is 407 g/mol. The van der Waals surface area contributed by atoms with Crippen LogP contribution in [0.1, 0.15) is 23.1 Å². The Kier molecular flexibility index (Phi) is 3.89. The van der Waals surface area contributed by atoms with E-state index in [0.29, 0.717) is 5.82 Å². The summed E-state index contributed by atoms with van der Waals surface area (Å²) in [5.74, 6) is 1.93. The van der Waals surface area contributed by atoms with Gasteiger partial charge in [-0.2, -0.15) is 5.10 Å². The van der Waals surface area contributed by atoms with Crippen LogP contribution in [-0.2, 0) is 12.8 Å². The zero-order chi connectivity index (χ0) is 20.9. The molecule has 0 fully saturated rings. The standard InChI is InChI=1S/C24H21N7/c1-15-12-19(22(25)26-14-15)23-28-20-8-9-21(30-11-3-10-27-30)29-24(20)31(23)18-7-6-16-4-2-5-17(16)13-18/h3,6-14H,2,4-5H2,1H3,(H2,25,26). The zero-order valence-electron chi connectivity index (χ0n) is 17.2. The highest BCUT2D eigenvalue weighted by Crippen LogP contribution is 2.33. The van der Waals surface area contributed by atoms with Crippen molar-refractivity contribution in [3.8, 4) is 22.9 Å². The largest absolute Gasteiger partial charge is 0.383 e. The first-order valence-corrected chi connectivity index (χ1v) is 10.4. The summed E-state index contributed by atoms with van der Waals surface area (Å²) in [7, 11) is 0. The van der Waals surface area contributed by atoms with Crippen LogP contribution < -0.4 is 5.73 Å². The number of imidazole rings is 1. The Morgan fingerprint density at radius 3 is 2.77 bits per heavy atom. The first-order chi connectivity index (χ1) is 15.2. The predicted octanol–water partition coefficient (Wildman–Crippen LogP) is 4.05. The monoisotopic (exact) mass is 407 g/mol. The average Bonchev–Trinajstić information content (AvgIpc) is 3.53. The van der Waals surface area contributed by atoms with Crippen LogP contribution in [0.25, 0.3) is 34.1 Å². The summed E-state index contributed by atoms with van der Waals surface area (Å²) < 4.78 is 3.84. The van der Waals surface area contributed by atoms with E-state index in [-0.39, 0.29) is 0 Å². The SMILES string of the molecule is Cc1cnc(N)c(-c2nc3ccc(-n4cccn4)nc3n2-c2ccc3c(c2)CCC3)c1. The molecule has 0 atom stereocenters. The summed E-state index contributed by atoms with van der Waals surface area (Å²) in [5, 5.41) is 4.33. The molecule has 0 saturated heterocycles. The van der Waals surface area contributed by atoms with E-state index in [0.717, 1.165) is 52.5 Å². The van der Waals surface area contributed by atoms with Gasteiger partial charge in [0, 0.05) is 24.3 Å². The number of aryl methyl sites for hydroxylation is 3. The fourth-order valence-electron chi connectivity index (χ4n) is 4.36. The first-order valence-electron chi connectivity index (χ1n) is 10.4. The van der Waals surface area contributed by atoms with Crippen LogP contribution in [0.3, 0.4) is 0 Å². The Morgan fingerprint density at radius 1 is 1.00 bits per heavy atom. The summed E-state index contributed by atoms with van der Waals surface area (Å²) in [4.78, 5) is 14.2. The maximum atomic E-state index is 6.29. The smallest absolute Gasteiger partial charge is 0.167 e.